The summed E-state index contributed by atoms with van der Waals surface area (Å²) in [5.41, 5.74) is 8.26. The van der Waals surface area contributed by atoms with E-state index in [2.05, 4.69) is 4.98 Å². The minimum Gasteiger partial charge on any atom is -0.326 e. The molecule has 0 aliphatic rings. The van der Waals surface area contributed by atoms with E-state index in [-0.39, 0.29) is 18.0 Å². The predicted octanol–water partition coefficient (Wildman–Crippen LogP) is 1.56. The molecule has 5 nitrogen and oxygen atoms in total. The summed E-state index contributed by atoms with van der Waals surface area (Å²) in [4.78, 5) is 3.66. The van der Waals surface area contributed by atoms with Crippen LogP contribution >= 0.6 is 11.3 Å². The second-order valence-corrected chi connectivity index (χ2v) is 6.94. The SMILES string of the molecule is CN(Cc1cscn1)S(=O)(=O)c1cc(CN)ccc1F. The summed E-state index contributed by atoms with van der Waals surface area (Å²) in [5, 5.41) is 1.75. The molecule has 0 amide bonds. The Bertz CT molecular complexity index is 687. The lowest BCUT2D eigenvalue weighted by Crippen LogP contribution is -2.27. The van der Waals surface area contributed by atoms with Crippen molar-refractivity contribution in [1.29, 1.82) is 0 Å². The van der Waals surface area contributed by atoms with Crippen molar-refractivity contribution in [2.45, 2.75) is 18.0 Å². The molecule has 0 saturated carbocycles. The van der Waals surface area contributed by atoms with Gasteiger partial charge in [0.05, 0.1) is 17.7 Å². The smallest absolute Gasteiger partial charge is 0.246 e. The molecule has 0 atom stereocenters. The van der Waals surface area contributed by atoms with Gasteiger partial charge >= 0.3 is 0 Å². The molecule has 0 radical (unpaired) electrons. The molecule has 0 unspecified atom stereocenters. The molecular weight excluding hydrogens is 301 g/mol. The van der Waals surface area contributed by atoms with Gasteiger partial charge in [-0.2, -0.15) is 4.31 Å². The van der Waals surface area contributed by atoms with E-state index >= 15 is 0 Å². The Labute approximate surface area is 120 Å². The Balaban J connectivity index is 2.34. The van der Waals surface area contributed by atoms with Gasteiger partial charge in [0.1, 0.15) is 10.7 Å². The minimum atomic E-state index is -3.91. The van der Waals surface area contributed by atoms with Gasteiger partial charge < -0.3 is 5.73 Å². The third-order valence-electron chi connectivity index (χ3n) is 2.79. The van der Waals surface area contributed by atoms with Gasteiger partial charge in [-0.1, -0.05) is 6.07 Å². The fourth-order valence-corrected chi connectivity index (χ4v) is 3.47. The summed E-state index contributed by atoms with van der Waals surface area (Å²) in [6.45, 7) is 0.247. The lowest BCUT2D eigenvalue weighted by molar-refractivity contribution is 0.456. The van der Waals surface area contributed by atoms with E-state index in [0.717, 1.165) is 10.4 Å². The van der Waals surface area contributed by atoms with Crippen molar-refractivity contribution in [2.24, 2.45) is 5.73 Å². The van der Waals surface area contributed by atoms with Crippen molar-refractivity contribution in [3.63, 3.8) is 0 Å². The van der Waals surface area contributed by atoms with E-state index < -0.39 is 15.8 Å². The van der Waals surface area contributed by atoms with Crippen LogP contribution in [-0.2, 0) is 23.1 Å². The van der Waals surface area contributed by atoms with E-state index in [9.17, 15) is 12.8 Å². The highest BCUT2D eigenvalue weighted by molar-refractivity contribution is 7.89. The van der Waals surface area contributed by atoms with Crippen LogP contribution in [0.4, 0.5) is 4.39 Å². The Morgan fingerprint density at radius 2 is 2.20 bits per heavy atom. The third kappa shape index (κ3) is 3.04. The van der Waals surface area contributed by atoms with E-state index in [4.69, 9.17) is 5.73 Å². The molecular formula is C12H14FN3O2S2. The Kier molecular flexibility index (Phi) is 4.48. The fourth-order valence-electron chi connectivity index (χ4n) is 1.67. The van der Waals surface area contributed by atoms with Crippen molar-refractivity contribution in [3.8, 4) is 0 Å². The molecule has 1 heterocycles. The van der Waals surface area contributed by atoms with Crippen LogP contribution in [-0.4, -0.2) is 24.8 Å². The standard InChI is InChI=1S/C12H14FN3O2S2/c1-16(6-10-7-19-8-15-10)20(17,18)12-4-9(5-14)2-3-11(12)13/h2-4,7-8H,5-6,14H2,1H3. The zero-order chi connectivity index (χ0) is 14.8. The predicted molar refractivity (Wildman–Crippen MR) is 75.1 cm³/mol. The monoisotopic (exact) mass is 315 g/mol. The number of hydrogen-bond acceptors (Lipinski definition) is 5. The first-order valence-corrected chi connectivity index (χ1v) is 8.15. The first-order chi connectivity index (χ1) is 9.45. The number of rotatable bonds is 5. The normalized spacial score (nSPS) is 12.0. The molecule has 2 rings (SSSR count). The highest BCUT2D eigenvalue weighted by atomic mass is 32.2. The maximum absolute atomic E-state index is 13.8. The summed E-state index contributed by atoms with van der Waals surface area (Å²) in [6, 6.07) is 3.85. The highest BCUT2D eigenvalue weighted by Crippen LogP contribution is 2.21. The zero-order valence-electron chi connectivity index (χ0n) is 10.8. The molecule has 0 bridgehead atoms. The average molecular weight is 315 g/mol. The number of halogens is 1. The summed E-state index contributed by atoms with van der Waals surface area (Å²) in [6.07, 6.45) is 0. The minimum absolute atomic E-state index is 0.0954. The second kappa shape index (κ2) is 5.96. The summed E-state index contributed by atoms with van der Waals surface area (Å²) >= 11 is 1.37. The van der Waals surface area contributed by atoms with Crippen LogP contribution in [0.15, 0.2) is 34.0 Å². The second-order valence-electron chi connectivity index (χ2n) is 4.21. The topological polar surface area (TPSA) is 76.3 Å². The number of thiazole rings is 1. The van der Waals surface area contributed by atoms with Crippen LogP contribution in [0.3, 0.4) is 0 Å². The highest BCUT2D eigenvalue weighted by Gasteiger charge is 2.25. The first kappa shape index (κ1) is 15.0. The van der Waals surface area contributed by atoms with E-state index in [1.54, 1.807) is 10.9 Å². The van der Waals surface area contributed by atoms with Crippen LogP contribution < -0.4 is 5.73 Å². The number of nitrogens with two attached hydrogens (primary N) is 1. The van der Waals surface area contributed by atoms with Gasteiger partial charge in [-0.3, -0.25) is 0 Å². The van der Waals surface area contributed by atoms with Crippen LogP contribution in [0.25, 0.3) is 0 Å². The first-order valence-electron chi connectivity index (χ1n) is 5.77. The van der Waals surface area contributed by atoms with Crippen molar-refractivity contribution < 1.29 is 12.8 Å². The van der Waals surface area contributed by atoms with Gasteiger partial charge in [0.15, 0.2) is 0 Å². The quantitative estimate of drug-likeness (QED) is 0.908. The Morgan fingerprint density at radius 3 is 2.80 bits per heavy atom. The van der Waals surface area contributed by atoms with Gasteiger partial charge in [-0.05, 0) is 17.7 Å². The molecule has 0 aliphatic carbocycles. The largest absolute Gasteiger partial charge is 0.326 e. The maximum Gasteiger partial charge on any atom is 0.246 e. The van der Waals surface area contributed by atoms with Crippen LogP contribution in [0.5, 0.6) is 0 Å². The Morgan fingerprint density at radius 1 is 1.45 bits per heavy atom. The zero-order valence-corrected chi connectivity index (χ0v) is 12.4. The van der Waals surface area contributed by atoms with Gasteiger partial charge in [-0.15, -0.1) is 11.3 Å². The number of aromatic nitrogens is 1. The van der Waals surface area contributed by atoms with Gasteiger partial charge in [-0.25, -0.2) is 17.8 Å². The van der Waals surface area contributed by atoms with E-state index in [0.29, 0.717) is 11.3 Å². The molecule has 0 fully saturated rings. The molecule has 0 saturated heterocycles. The van der Waals surface area contributed by atoms with Crippen molar-refractivity contribution >= 4 is 21.4 Å². The Hall–Kier alpha value is -1.35. The molecule has 2 N–H and O–H groups in total. The van der Waals surface area contributed by atoms with E-state index in [1.807, 2.05) is 0 Å². The van der Waals surface area contributed by atoms with Gasteiger partial charge in [0.2, 0.25) is 10.0 Å². The number of hydrogen-bond donors (Lipinski definition) is 1. The van der Waals surface area contributed by atoms with Crippen molar-refractivity contribution in [1.82, 2.24) is 9.29 Å². The fraction of sp³-hybridized carbons (Fsp3) is 0.250. The molecule has 1 aromatic carbocycles. The van der Waals surface area contributed by atoms with Crippen LogP contribution in [0.2, 0.25) is 0 Å². The van der Waals surface area contributed by atoms with Gasteiger partial charge in [0.25, 0.3) is 0 Å². The maximum atomic E-state index is 13.8. The average Bonchev–Trinajstić information content (AvgIpc) is 2.92. The lowest BCUT2D eigenvalue weighted by Gasteiger charge is -2.17. The van der Waals surface area contributed by atoms with E-state index in [1.165, 1.54) is 30.5 Å². The summed E-state index contributed by atoms with van der Waals surface area (Å²) < 4.78 is 39.6. The molecule has 1 aromatic heterocycles. The van der Waals surface area contributed by atoms with Crippen molar-refractivity contribution in [2.75, 3.05) is 7.05 Å². The third-order valence-corrected chi connectivity index (χ3v) is 5.24. The van der Waals surface area contributed by atoms with Crippen LogP contribution in [0.1, 0.15) is 11.3 Å². The molecule has 20 heavy (non-hydrogen) atoms. The van der Waals surface area contributed by atoms with Crippen molar-refractivity contribution in [3.05, 3.63) is 46.2 Å². The summed E-state index contributed by atoms with van der Waals surface area (Å²) in [7, 11) is -2.52. The number of benzene rings is 1. The van der Waals surface area contributed by atoms with Crippen LogP contribution in [0, 0.1) is 5.82 Å². The number of nitrogens with zero attached hydrogens (tertiary/aromatic N) is 2. The van der Waals surface area contributed by atoms with Gasteiger partial charge in [0, 0.05) is 19.0 Å². The number of sulfonamides is 1. The molecule has 8 heteroatoms. The molecule has 2 aromatic rings. The molecule has 0 aliphatic heterocycles. The molecule has 0 spiro atoms. The summed E-state index contributed by atoms with van der Waals surface area (Å²) in [5.74, 6) is -0.785. The lowest BCUT2D eigenvalue weighted by atomic mass is 10.2. The molecule has 108 valence electrons.